The van der Waals surface area contributed by atoms with Crippen LogP contribution in [0.15, 0.2) is 0 Å². The highest BCUT2D eigenvalue weighted by Gasteiger charge is 2.26. The molecule has 0 aromatic carbocycles. The van der Waals surface area contributed by atoms with Gasteiger partial charge >= 0.3 is 0 Å². The molecule has 0 aromatic heterocycles. The summed E-state index contributed by atoms with van der Waals surface area (Å²) in [7, 11) is -8.11. The molecule has 0 radical (unpaired) electrons. The third-order valence-electron chi connectivity index (χ3n) is 3.40. The summed E-state index contributed by atoms with van der Waals surface area (Å²) in [5.74, 6) is -0.155. The first-order chi connectivity index (χ1) is 7.85. The van der Waals surface area contributed by atoms with Crippen LogP contribution in [0.2, 0.25) is 0 Å². The number of hydrogen-bond acceptors (Lipinski definition) is 4. The minimum atomic E-state index is -4.06. The van der Waals surface area contributed by atoms with Crippen LogP contribution in [0.25, 0.3) is 0 Å². The molecule has 0 aromatic rings. The van der Waals surface area contributed by atoms with E-state index >= 15 is 0 Å². The molecule has 8 heteroatoms. The largest absolute Gasteiger partial charge is 0.285 e. The van der Waals surface area contributed by atoms with Gasteiger partial charge in [0, 0.05) is 0 Å². The average molecular weight is 302 g/mol. The average Bonchev–Trinajstić information content (AvgIpc) is 2.14. The van der Waals surface area contributed by atoms with E-state index in [2.05, 4.69) is 0 Å². The Morgan fingerprint density at radius 2 is 0.944 bits per heavy atom. The Labute approximate surface area is 109 Å². The number of rotatable bonds is 7. The molecule has 4 atom stereocenters. The van der Waals surface area contributed by atoms with E-state index in [0.29, 0.717) is 0 Å². The second-order valence-electron chi connectivity index (χ2n) is 5.08. The van der Waals surface area contributed by atoms with Crippen LogP contribution >= 0.6 is 0 Å². The van der Waals surface area contributed by atoms with Crippen molar-refractivity contribution in [1.82, 2.24) is 0 Å². The van der Waals surface area contributed by atoms with Gasteiger partial charge in [0.15, 0.2) is 0 Å². The minimum absolute atomic E-state index is 0.0777. The van der Waals surface area contributed by atoms with Crippen molar-refractivity contribution in [3.8, 4) is 0 Å². The molecule has 0 rings (SSSR count). The fraction of sp³-hybridized carbons (Fsp3) is 1.00. The summed E-state index contributed by atoms with van der Waals surface area (Å²) in [6.07, 6.45) is 0.496. The minimum Gasteiger partial charge on any atom is -0.285 e. The highest BCUT2D eigenvalue weighted by molar-refractivity contribution is 7.86. The van der Waals surface area contributed by atoms with Gasteiger partial charge in [0.1, 0.15) is 0 Å². The maximum absolute atomic E-state index is 10.9. The van der Waals surface area contributed by atoms with Gasteiger partial charge in [0.05, 0.1) is 10.5 Å². The Hall–Kier alpha value is -0.180. The summed E-state index contributed by atoms with van der Waals surface area (Å²) in [6, 6.07) is 0. The van der Waals surface area contributed by atoms with Crippen LogP contribution in [0.3, 0.4) is 0 Å². The lowest BCUT2D eigenvalue weighted by Crippen LogP contribution is -2.26. The van der Waals surface area contributed by atoms with E-state index in [4.69, 9.17) is 9.11 Å². The van der Waals surface area contributed by atoms with Crippen LogP contribution in [0.4, 0.5) is 0 Å². The van der Waals surface area contributed by atoms with E-state index in [9.17, 15) is 16.8 Å². The van der Waals surface area contributed by atoms with Gasteiger partial charge in [-0.25, -0.2) is 0 Å². The topological polar surface area (TPSA) is 109 Å². The lowest BCUT2D eigenvalue weighted by atomic mass is 9.88. The molecule has 0 saturated heterocycles. The van der Waals surface area contributed by atoms with Gasteiger partial charge in [-0.2, -0.15) is 16.8 Å². The monoisotopic (exact) mass is 302 g/mol. The smallest absolute Gasteiger partial charge is 0.267 e. The SMILES string of the molecule is CC(CC(C)S(=O)(=O)O)C(C)CC(C)S(=O)(=O)O. The maximum atomic E-state index is 10.9. The Kier molecular flexibility index (Phi) is 6.25. The molecular formula is C10H22O6S2. The second kappa shape index (κ2) is 6.31. The zero-order valence-electron chi connectivity index (χ0n) is 11.1. The van der Waals surface area contributed by atoms with Crippen molar-refractivity contribution in [2.24, 2.45) is 11.8 Å². The van der Waals surface area contributed by atoms with Gasteiger partial charge in [-0.15, -0.1) is 0 Å². The van der Waals surface area contributed by atoms with Gasteiger partial charge in [0.2, 0.25) is 0 Å². The Balaban J connectivity index is 4.50. The second-order valence-corrected chi connectivity index (χ2v) is 8.75. The van der Waals surface area contributed by atoms with Crippen molar-refractivity contribution in [2.75, 3.05) is 0 Å². The van der Waals surface area contributed by atoms with Gasteiger partial charge in [-0.3, -0.25) is 9.11 Å². The van der Waals surface area contributed by atoms with Gasteiger partial charge < -0.3 is 0 Å². The summed E-state index contributed by atoms with van der Waals surface area (Å²) in [4.78, 5) is 0. The van der Waals surface area contributed by atoms with Crippen LogP contribution in [0.5, 0.6) is 0 Å². The Bertz CT molecular complexity index is 409. The predicted molar refractivity (Wildman–Crippen MR) is 69.6 cm³/mol. The first-order valence-electron chi connectivity index (χ1n) is 5.78. The fourth-order valence-corrected chi connectivity index (χ4v) is 2.85. The molecule has 0 aliphatic rings. The molecule has 0 heterocycles. The zero-order valence-corrected chi connectivity index (χ0v) is 12.7. The summed E-state index contributed by atoms with van der Waals surface area (Å²) in [5.41, 5.74) is 0. The molecule has 0 amide bonds. The zero-order chi connectivity index (χ0) is 14.7. The van der Waals surface area contributed by atoms with Crippen molar-refractivity contribution < 1.29 is 25.9 Å². The van der Waals surface area contributed by atoms with Crippen molar-refractivity contribution in [3.63, 3.8) is 0 Å². The van der Waals surface area contributed by atoms with Gasteiger partial charge in [-0.05, 0) is 38.5 Å². The molecule has 2 N–H and O–H groups in total. The molecular weight excluding hydrogens is 280 g/mol. The lowest BCUT2D eigenvalue weighted by molar-refractivity contribution is 0.328. The lowest BCUT2D eigenvalue weighted by Gasteiger charge is -2.23. The summed E-state index contributed by atoms with van der Waals surface area (Å²) >= 11 is 0. The molecule has 0 spiro atoms. The Morgan fingerprint density at radius 1 is 0.722 bits per heavy atom. The maximum Gasteiger partial charge on any atom is 0.267 e. The highest BCUT2D eigenvalue weighted by atomic mass is 32.2. The standard InChI is InChI=1S/C10H22O6S2/c1-7(5-9(3)17(11,12)13)8(2)6-10(4)18(14,15)16/h7-10H,5-6H2,1-4H3,(H,11,12,13)(H,14,15,16). The van der Waals surface area contributed by atoms with Crippen molar-refractivity contribution in [1.29, 1.82) is 0 Å². The Morgan fingerprint density at radius 3 is 1.11 bits per heavy atom. The molecule has 18 heavy (non-hydrogen) atoms. The van der Waals surface area contributed by atoms with Crippen LogP contribution in [-0.2, 0) is 20.2 Å². The molecule has 4 unspecified atom stereocenters. The van der Waals surface area contributed by atoms with Crippen molar-refractivity contribution in [3.05, 3.63) is 0 Å². The van der Waals surface area contributed by atoms with E-state index in [1.165, 1.54) is 13.8 Å². The van der Waals surface area contributed by atoms with E-state index in [1.54, 1.807) is 13.8 Å². The van der Waals surface area contributed by atoms with E-state index < -0.39 is 30.7 Å². The van der Waals surface area contributed by atoms with E-state index in [0.717, 1.165) is 0 Å². The van der Waals surface area contributed by atoms with Crippen LogP contribution in [0, 0.1) is 11.8 Å². The van der Waals surface area contributed by atoms with E-state index in [-0.39, 0.29) is 24.7 Å². The summed E-state index contributed by atoms with van der Waals surface area (Å²) in [5, 5.41) is -1.76. The van der Waals surface area contributed by atoms with E-state index in [1.807, 2.05) is 0 Å². The summed E-state index contributed by atoms with van der Waals surface area (Å²) < 4.78 is 61.3. The first kappa shape index (κ1) is 17.8. The molecule has 110 valence electrons. The third kappa shape index (κ3) is 6.12. The van der Waals surface area contributed by atoms with Gasteiger partial charge in [0.25, 0.3) is 20.2 Å². The molecule has 0 aliphatic carbocycles. The number of hydrogen-bond donors (Lipinski definition) is 2. The molecule has 0 bridgehead atoms. The molecule has 0 fully saturated rings. The van der Waals surface area contributed by atoms with Crippen molar-refractivity contribution in [2.45, 2.75) is 51.0 Å². The molecule has 0 saturated carbocycles. The van der Waals surface area contributed by atoms with Gasteiger partial charge in [-0.1, -0.05) is 13.8 Å². The van der Waals surface area contributed by atoms with Crippen LogP contribution in [0.1, 0.15) is 40.5 Å². The quantitative estimate of drug-likeness (QED) is 0.691. The summed E-state index contributed by atoms with van der Waals surface area (Å²) in [6.45, 7) is 6.40. The van der Waals surface area contributed by atoms with Crippen molar-refractivity contribution >= 4 is 20.2 Å². The molecule has 6 nitrogen and oxygen atoms in total. The van der Waals surface area contributed by atoms with Crippen LogP contribution < -0.4 is 0 Å². The first-order valence-corrected chi connectivity index (χ1v) is 8.79. The molecule has 0 aliphatic heterocycles. The normalized spacial score (nSPS) is 20.1. The predicted octanol–water partition coefficient (Wildman–Crippen LogP) is 1.59. The highest BCUT2D eigenvalue weighted by Crippen LogP contribution is 2.25. The van der Waals surface area contributed by atoms with Crippen LogP contribution in [-0.4, -0.2) is 36.4 Å². The fourth-order valence-electron chi connectivity index (χ4n) is 1.75. The third-order valence-corrected chi connectivity index (χ3v) is 5.81.